The lowest BCUT2D eigenvalue weighted by atomic mass is 9.88. The minimum Gasteiger partial charge on any atom is -0.391 e. The van der Waals surface area contributed by atoms with Gasteiger partial charge in [0.2, 0.25) is 0 Å². The van der Waals surface area contributed by atoms with E-state index in [4.69, 9.17) is 0 Å². The molecule has 0 aromatic heterocycles. The highest BCUT2D eigenvalue weighted by Crippen LogP contribution is 2.40. The fourth-order valence-electron chi connectivity index (χ4n) is 3.11. The summed E-state index contributed by atoms with van der Waals surface area (Å²) in [5.41, 5.74) is 0.103. The number of hydrogen-bond donors (Lipinski definition) is 1. The fourth-order valence-corrected chi connectivity index (χ4v) is 3.11. The molecule has 1 saturated carbocycles. The van der Waals surface area contributed by atoms with Crippen molar-refractivity contribution in [2.24, 2.45) is 11.3 Å². The van der Waals surface area contributed by atoms with E-state index in [2.05, 4.69) is 39.5 Å². The van der Waals surface area contributed by atoms with E-state index in [-0.39, 0.29) is 11.5 Å². The van der Waals surface area contributed by atoms with E-state index >= 15 is 0 Å². The van der Waals surface area contributed by atoms with Crippen LogP contribution in [0.3, 0.4) is 0 Å². The average molecular weight is 241 g/mol. The second kappa shape index (κ2) is 6.19. The maximum Gasteiger partial charge on any atom is 0.0746 e. The number of aliphatic hydroxyl groups is 1. The molecule has 0 amide bonds. The summed E-state index contributed by atoms with van der Waals surface area (Å²) in [6, 6.07) is 0.385. The molecular weight excluding hydrogens is 210 g/mol. The molecule has 2 unspecified atom stereocenters. The van der Waals surface area contributed by atoms with Crippen molar-refractivity contribution in [3.8, 4) is 0 Å². The quantitative estimate of drug-likeness (QED) is 0.771. The zero-order chi connectivity index (χ0) is 13.1. The molecule has 2 heteroatoms. The lowest BCUT2D eigenvalue weighted by molar-refractivity contribution is 0.0108. The Balaban J connectivity index is 2.62. The highest BCUT2D eigenvalue weighted by atomic mass is 16.3. The molecule has 2 nitrogen and oxygen atoms in total. The number of likely N-dealkylation sites (N-methyl/N-ethyl adjacent to an activating group) is 1. The molecule has 0 aliphatic heterocycles. The van der Waals surface area contributed by atoms with Crippen molar-refractivity contribution >= 4 is 0 Å². The maximum atomic E-state index is 10.4. The Morgan fingerprint density at radius 2 is 1.82 bits per heavy atom. The molecule has 1 aliphatic carbocycles. The minimum atomic E-state index is -0.156. The van der Waals surface area contributed by atoms with Gasteiger partial charge in [-0.2, -0.15) is 0 Å². The first-order chi connectivity index (χ1) is 7.96. The molecule has 1 fully saturated rings. The summed E-state index contributed by atoms with van der Waals surface area (Å²) >= 11 is 0. The molecule has 1 aliphatic rings. The lowest BCUT2D eigenvalue weighted by Crippen LogP contribution is -2.45. The van der Waals surface area contributed by atoms with Crippen molar-refractivity contribution in [3.05, 3.63) is 0 Å². The Bertz CT molecular complexity index is 223. The van der Waals surface area contributed by atoms with E-state index in [1.165, 1.54) is 12.8 Å². The second-order valence-electron chi connectivity index (χ2n) is 6.31. The van der Waals surface area contributed by atoms with Gasteiger partial charge in [0.1, 0.15) is 0 Å². The Kier molecular flexibility index (Phi) is 5.46. The van der Waals surface area contributed by atoms with Gasteiger partial charge in [-0.3, -0.25) is 4.90 Å². The van der Waals surface area contributed by atoms with Gasteiger partial charge in [-0.1, -0.05) is 47.5 Å². The van der Waals surface area contributed by atoms with Gasteiger partial charge in [-0.05, 0) is 30.7 Å². The zero-order valence-corrected chi connectivity index (χ0v) is 12.4. The van der Waals surface area contributed by atoms with Gasteiger partial charge in [0.25, 0.3) is 0 Å². The predicted octanol–water partition coefficient (Wildman–Crippen LogP) is 3.29. The van der Waals surface area contributed by atoms with Crippen molar-refractivity contribution in [3.63, 3.8) is 0 Å². The number of rotatable bonds is 6. The first-order valence-electron chi connectivity index (χ1n) is 7.38. The van der Waals surface area contributed by atoms with Crippen LogP contribution < -0.4 is 0 Å². The molecule has 1 rings (SSSR count). The lowest BCUT2D eigenvalue weighted by Gasteiger charge is -2.35. The van der Waals surface area contributed by atoms with Gasteiger partial charge in [0.15, 0.2) is 0 Å². The fraction of sp³-hybridized carbons (Fsp3) is 1.00. The number of hydrogen-bond acceptors (Lipinski definition) is 2. The summed E-state index contributed by atoms with van der Waals surface area (Å²) < 4.78 is 0. The molecule has 0 radical (unpaired) electrons. The normalized spacial score (nSPS) is 28.2. The third-order valence-corrected chi connectivity index (χ3v) is 4.77. The largest absolute Gasteiger partial charge is 0.391 e. The smallest absolute Gasteiger partial charge is 0.0746 e. The first-order valence-corrected chi connectivity index (χ1v) is 7.38. The van der Waals surface area contributed by atoms with Crippen LogP contribution in [0.25, 0.3) is 0 Å². The average Bonchev–Trinajstić information content (AvgIpc) is 2.57. The molecule has 1 N–H and O–H groups in total. The highest BCUT2D eigenvalue weighted by Gasteiger charge is 2.43. The Hall–Kier alpha value is -0.0800. The van der Waals surface area contributed by atoms with Crippen LogP contribution in [0.4, 0.5) is 0 Å². The van der Waals surface area contributed by atoms with Gasteiger partial charge < -0.3 is 5.11 Å². The van der Waals surface area contributed by atoms with Crippen molar-refractivity contribution in [2.75, 3.05) is 13.1 Å². The summed E-state index contributed by atoms with van der Waals surface area (Å²) in [7, 11) is 0. The van der Waals surface area contributed by atoms with E-state index in [0.29, 0.717) is 6.04 Å². The van der Waals surface area contributed by atoms with Gasteiger partial charge in [-0.25, -0.2) is 0 Å². The molecule has 0 heterocycles. The highest BCUT2D eigenvalue weighted by molar-refractivity contribution is 4.96. The topological polar surface area (TPSA) is 23.5 Å². The Labute approximate surface area is 107 Å². The third kappa shape index (κ3) is 3.45. The SMILES string of the molecule is CCC(CC)CN(CC)C1CCC(C)(C)C1O. The second-order valence-corrected chi connectivity index (χ2v) is 6.31. The molecule has 0 saturated heterocycles. The molecule has 17 heavy (non-hydrogen) atoms. The van der Waals surface area contributed by atoms with Crippen molar-refractivity contribution in [1.29, 1.82) is 0 Å². The molecule has 102 valence electrons. The summed E-state index contributed by atoms with van der Waals surface area (Å²) in [4.78, 5) is 2.51. The summed E-state index contributed by atoms with van der Waals surface area (Å²) in [5, 5.41) is 10.4. The van der Waals surface area contributed by atoms with E-state index in [9.17, 15) is 5.11 Å². The number of nitrogens with zero attached hydrogens (tertiary/aromatic N) is 1. The Morgan fingerprint density at radius 3 is 2.18 bits per heavy atom. The van der Waals surface area contributed by atoms with Gasteiger partial charge in [0.05, 0.1) is 6.10 Å². The van der Waals surface area contributed by atoms with Crippen LogP contribution in [0.15, 0.2) is 0 Å². The molecule has 0 aromatic rings. The summed E-state index contributed by atoms with van der Waals surface area (Å²) in [5.74, 6) is 0.783. The van der Waals surface area contributed by atoms with Gasteiger partial charge in [0, 0.05) is 12.6 Å². The van der Waals surface area contributed by atoms with E-state index in [0.717, 1.165) is 31.8 Å². The maximum absolute atomic E-state index is 10.4. The third-order valence-electron chi connectivity index (χ3n) is 4.77. The summed E-state index contributed by atoms with van der Waals surface area (Å²) in [6.07, 6.45) is 4.65. The first kappa shape index (κ1) is 15.0. The van der Waals surface area contributed by atoms with Crippen LogP contribution in [0, 0.1) is 11.3 Å². The molecular formula is C15H31NO. The van der Waals surface area contributed by atoms with Gasteiger partial charge >= 0.3 is 0 Å². The zero-order valence-electron chi connectivity index (χ0n) is 12.4. The molecule has 2 atom stereocenters. The van der Waals surface area contributed by atoms with Crippen LogP contribution in [-0.4, -0.2) is 35.2 Å². The van der Waals surface area contributed by atoms with E-state index in [1.54, 1.807) is 0 Å². The standard InChI is InChI=1S/C15H31NO/c1-6-12(7-2)11-16(8-3)13-9-10-15(4,5)14(13)17/h12-14,17H,6-11H2,1-5H3. The van der Waals surface area contributed by atoms with Crippen molar-refractivity contribution in [2.45, 2.75) is 72.4 Å². The molecule has 0 bridgehead atoms. The van der Waals surface area contributed by atoms with E-state index < -0.39 is 0 Å². The van der Waals surface area contributed by atoms with Crippen LogP contribution in [0.5, 0.6) is 0 Å². The Morgan fingerprint density at radius 1 is 1.24 bits per heavy atom. The predicted molar refractivity (Wildman–Crippen MR) is 74.1 cm³/mol. The van der Waals surface area contributed by atoms with Crippen molar-refractivity contribution < 1.29 is 5.11 Å². The van der Waals surface area contributed by atoms with Crippen LogP contribution in [-0.2, 0) is 0 Å². The monoisotopic (exact) mass is 241 g/mol. The van der Waals surface area contributed by atoms with Crippen LogP contribution in [0.2, 0.25) is 0 Å². The van der Waals surface area contributed by atoms with Gasteiger partial charge in [-0.15, -0.1) is 0 Å². The van der Waals surface area contributed by atoms with Crippen LogP contribution in [0.1, 0.15) is 60.3 Å². The van der Waals surface area contributed by atoms with Crippen LogP contribution >= 0.6 is 0 Å². The molecule has 0 spiro atoms. The molecule has 0 aromatic carbocycles. The number of aliphatic hydroxyl groups excluding tert-OH is 1. The minimum absolute atomic E-state index is 0.103. The summed E-state index contributed by atoms with van der Waals surface area (Å²) in [6.45, 7) is 13.4. The van der Waals surface area contributed by atoms with Crippen molar-refractivity contribution in [1.82, 2.24) is 4.90 Å². The van der Waals surface area contributed by atoms with E-state index in [1.807, 2.05) is 0 Å².